The number of unbranched alkanes of at least 4 members (excludes halogenated alkanes) is 1. The van der Waals surface area contributed by atoms with Crippen LogP contribution in [0.1, 0.15) is 26.2 Å². The first-order valence-electron chi connectivity index (χ1n) is 3.80. The number of hydrogen-bond donors (Lipinski definition) is 2. The fraction of sp³-hybridized carbons (Fsp3) is 0.875. The van der Waals surface area contributed by atoms with Crippen LogP contribution in [-0.2, 0) is 0 Å². The van der Waals surface area contributed by atoms with Crippen LogP contribution in [0.3, 0.4) is 0 Å². The molecule has 0 fully saturated rings. The van der Waals surface area contributed by atoms with Crippen LogP contribution in [0.2, 0.25) is 0 Å². The Labute approximate surface area is 62.9 Å². The highest BCUT2D eigenvalue weighted by Gasteiger charge is 2.06. The lowest BCUT2D eigenvalue weighted by Crippen LogP contribution is -2.12. The van der Waals surface area contributed by atoms with E-state index in [0.29, 0.717) is 0 Å². The molecular formula is C8H17O2. The molecule has 0 heterocycles. The van der Waals surface area contributed by atoms with E-state index in [2.05, 4.69) is 6.92 Å². The van der Waals surface area contributed by atoms with E-state index in [9.17, 15) is 0 Å². The molecule has 0 saturated carbocycles. The second-order valence-corrected chi connectivity index (χ2v) is 2.72. The molecule has 2 atom stereocenters. The SMILES string of the molecule is [CH2]C(CCCCO)C(C)O. The normalized spacial score (nSPS) is 16.8. The Bertz CT molecular complexity index is 71.7. The van der Waals surface area contributed by atoms with Gasteiger partial charge in [-0.15, -0.1) is 0 Å². The Morgan fingerprint density at radius 2 is 2.00 bits per heavy atom. The van der Waals surface area contributed by atoms with Crippen molar-refractivity contribution in [3.63, 3.8) is 0 Å². The zero-order valence-electron chi connectivity index (χ0n) is 6.58. The Morgan fingerprint density at radius 1 is 1.40 bits per heavy atom. The number of rotatable bonds is 5. The van der Waals surface area contributed by atoms with Crippen molar-refractivity contribution in [1.82, 2.24) is 0 Å². The maximum absolute atomic E-state index is 9.00. The standard InChI is InChI=1S/C8H17O2/c1-7(8(2)10)5-3-4-6-9/h7-10H,1,3-6H2,2H3. The third kappa shape index (κ3) is 4.77. The molecule has 1 radical (unpaired) electrons. The lowest BCUT2D eigenvalue weighted by atomic mass is 9.99. The monoisotopic (exact) mass is 145 g/mol. The average Bonchev–Trinajstić information content (AvgIpc) is 1.88. The quantitative estimate of drug-likeness (QED) is 0.566. The molecule has 0 saturated heterocycles. The Balaban J connectivity index is 3.13. The van der Waals surface area contributed by atoms with Crippen LogP contribution in [0.25, 0.3) is 0 Å². The van der Waals surface area contributed by atoms with Gasteiger partial charge < -0.3 is 10.2 Å². The fourth-order valence-electron chi connectivity index (χ4n) is 0.760. The predicted octanol–water partition coefficient (Wildman–Crippen LogP) is 0.980. The van der Waals surface area contributed by atoms with Crippen LogP contribution in [0, 0.1) is 12.8 Å². The molecule has 0 aliphatic rings. The molecule has 10 heavy (non-hydrogen) atoms. The maximum atomic E-state index is 9.00. The first-order chi connectivity index (χ1) is 4.68. The molecule has 0 aromatic carbocycles. The van der Waals surface area contributed by atoms with Crippen molar-refractivity contribution in [1.29, 1.82) is 0 Å². The summed E-state index contributed by atoms with van der Waals surface area (Å²) >= 11 is 0. The van der Waals surface area contributed by atoms with Crippen molar-refractivity contribution in [2.45, 2.75) is 32.3 Å². The van der Waals surface area contributed by atoms with Crippen LogP contribution in [-0.4, -0.2) is 22.9 Å². The Kier molecular flexibility index (Phi) is 5.64. The first kappa shape index (κ1) is 9.92. The largest absolute Gasteiger partial charge is 0.396 e. The van der Waals surface area contributed by atoms with E-state index in [0.717, 1.165) is 19.3 Å². The van der Waals surface area contributed by atoms with Gasteiger partial charge in [0.1, 0.15) is 0 Å². The van der Waals surface area contributed by atoms with E-state index in [1.165, 1.54) is 0 Å². The Morgan fingerprint density at radius 3 is 2.40 bits per heavy atom. The zero-order chi connectivity index (χ0) is 7.98. The summed E-state index contributed by atoms with van der Waals surface area (Å²) in [4.78, 5) is 0. The summed E-state index contributed by atoms with van der Waals surface area (Å²) in [5.41, 5.74) is 0. The van der Waals surface area contributed by atoms with Gasteiger partial charge in [-0.3, -0.25) is 0 Å². The van der Waals surface area contributed by atoms with E-state index in [1.807, 2.05) is 0 Å². The van der Waals surface area contributed by atoms with Crippen LogP contribution < -0.4 is 0 Å². The van der Waals surface area contributed by atoms with Crippen LogP contribution in [0.5, 0.6) is 0 Å². The number of hydrogen-bond acceptors (Lipinski definition) is 2. The first-order valence-corrected chi connectivity index (χ1v) is 3.80. The van der Waals surface area contributed by atoms with Crippen molar-refractivity contribution in [2.75, 3.05) is 6.61 Å². The van der Waals surface area contributed by atoms with Gasteiger partial charge in [-0.1, -0.05) is 6.42 Å². The molecule has 61 valence electrons. The summed E-state index contributed by atoms with van der Waals surface area (Å²) in [6.45, 7) is 5.77. The molecule has 0 aromatic rings. The molecule has 0 aliphatic carbocycles. The summed E-state index contributed by atoms with van der Waals surface area (Å²) in [5, 5.41) is 17.4. The molecule has 2 nitrogen and oxygen atoms in total. The highest BCUT2D eigenvalue weighted by Crippen LogP contribution is 2.10. The summed E-state index contributed by atoms with van der Waals surface area (Å²) < 4.78 is 0. The van der Waals surface area contributed by atoms with Gasteiger partial charge in [0.2, 0.25) is 0 Å². The van der Waals surface area contributed by atoms with Crippen molar-refractivity contribution < 1.29 is 10.2 Å². The van der Waals surface area contributed by atoms with Crippen LogP contribution in [0.15, 0.2) is 0 Å². The minimum absolute atomic E-state index is 0.117. The molecule has 0 bridgehead atoms. The van der Waals surface area contributed by atoms with Crippen LogP contribution >= 0.6 is 0 Å². The van der Waals surface area contributed by atoms with Gasteiger partial charge in [0.15, 0.2) is 0 Å². The van der Waals surface area contributed by atoms with Gasteiger partial charge in [0.05, 0.1) is 6.10 Å². The molecule has 0 aliphatic heterocycles. The second kappa shape index (κ2) is 5.69. The zero-order valence-corrected chi connectivity index (χ0v) is 6.58. The van der Waals surface area contributed by atoms with Gasteiger partial charge >= 0.3 is 0 Å². The second-order valence-electron chi connectivity index (χ2n) is 2.72. The third-order valence-corrected chi connectivity index (χ3v) is 1.67. The highest BCUT2D eigenvalue weighted by molar-refractivity contribution is 4.66. The maximum Gasteiger partial charge on any atom is 0.0540 e. The van der Waals surface area contributed by atoms with Crippen molar-refractivity contribution in [3.05, 3.63) is 6.92 Å². The molecular weight excluding hydrogens is 128 g/mol. The van der Waals surface area contributed by atoms with Gasteiger partial charge in [-0.25, -0.2) is 0 Å². The fourth-order valence-corrected chi connectivity index (χ4v) is 0.760. The van der Waals surface area contributed by atoms with Crippen molar-refractivity contribution in [2.24, 2.45) is 5.92 Å². The summed E-state index contributed by atoms with van der Waals surface area (Å²) in [6, 6.07) is 0. The minimum atomic E-state index is -0.321. The van der Waals surface area contributed by atoms with E-state index in [4.69, 9.17) is 10.2 Å². The van der Waals surface area contributed by atoms with E-state index in [-0.39, 0.29) is 18.6 Å². The number of aliphatic hydroxyl groups excluding tert-OH is 2. The van der Waals surface area contributed by atoms with Gasteiger partial charge in [0.25, 0.3) is 0 Å². The topological polar surface area (TPSA) is 40.5 Å². The van der Waals surface area contributed by atoms with E-state index >= 15 is 0 Å². The molecule has 2 heteroatoms. The summed E-state index contributed by atoms with van der Waals surface area (Å²) in [7, 11) is 0. The van der Waals surface area contributed by atoms with E-state index < -0.39 is 0 Å². The summed E-state index contributed by atoms with van der Waals surface area (Å²) in [5.74, 6) is 0.117. The highest BCUT2D eigenvalue weighted by atomic mass is 16.3. The number of aliphatic hydroxyl groups is 2. The molecule has 0 spiro atoms. The molecule has 0 rings (SSSR count). The smallest absolute Gasteiger partial charge is 0.0540 e. The van der Waals surface area contributed by atoms with Gasteiger partial charge in [-0.2, -0.15) is 0 Å². The van der Waals surface area contributed by atoms with Gasteiger partial charge in [-0.05, 0) is 32.6 Å². The average molecular weight is 145 g/mol. The summed E-state index contributed by atoms with van der Waals surface area (Å²) in [6.07, 6.45) is 2.35. The lowest BCUT2D eigenvalue weighted by molar-refractivity contribution is 0.139. The predicted molar refractivity (Wildman–Crippen MR) is 41.5 cm³/mol. The van der Waals surface area contributed by atoms with E-state index in [1.54, 1.807) is 6.92 Å². The molecule has 0 aromatic heterocycles. The van der Waals surface area contributed by atoms with Crippen molar-refractivity contribution >= 4 is 0 Å². The van der Waals surface area contributed by atoms with Gasteiger partial charge in [0, 0.05) is 6.61 Å². The molecule has 2 unspecified atom stereocenters. The Hall–Kier alpha value is -0.0800. The van der Waals surface area contributed by atoms with Crippen molar-refractivity contribution in [3.8, 4) is 0 Å². The minimum Gasteiger partial charge on any atom is -0.396 e. The third-order valence-electron chi connectivity index (χ3n) is 1.67. The molecule has 0 amide bonds. The lowest BCUT2D eigenvalue weighted by Gasteiger charge is -2.12. The molecule has 2 N–H and O–H groups in total. The van der Waals surface area contributed by atoms with Crippen LogP contribution in [0.4, 0.5) is 0 Å².